The third-order valence-corrected chi connectivity index (χ3v) is 4.63. The van der Waals surface area contributed by atoms with Crippen molar-refractivity contribution in [2.24, 2.45) is 5.92 Å². The summed E-state index contributed by atoms with van der Waals surface area (Å²) in [6.45, 7) is 7.05. The van der Waals surface area contributed by atoms with Gasteiger partial charge in [-0.15, -0.1) is 0 Å². The molecule has 0 aromatic heterocycles. The van der Waals surface area contributed by atoms with Gasteiger partial charge in [-0.1, -0.05) is 35.8 Å². The topological polar surface area (TPSA) is 92.7 Å². The number of aliphatic hydroxyl groups excluding tert-OH is 1. The van der Waals surface area contributed by atoms with Crippen LogP contribution in [0.2, 0.25) is 0 Å². The van der Waals surface area contributed by atoms with Gasteiger partial charge in [0.1, 0.15) is 17.9 Å². The number of ether oxygens (including phenoxy) is 1. The number of amides is 1. The Morgan fingerprint density at radius 3 is 2.58 bits per heavy atom. The summed E-state index contributed by atoms with van der Waals surface area (Å²) >= 11 is 3.33. The number of esters is 1. The molecule has 0 saturated carbocycles. The number of carbonyl (C=O) groups excluding carboxylic acids is 3. The van der Waals surface area contributed by atoms with Crippen LogP contribution in [0.5, 0.6) is 0 Å². The van der Waals surface area contributed by atoms with Crippen molar-refractivity contribution in [2.75, 3.05) is 13.2 Å². The second-order valence-corrected chi connectivity index (χ2v) is 8.04. The van der Waals surface area contributed by atoms with Crippen LogP contribution in [0.15, 0.2) is 28.2 Å². The molecule has 0 atom stereocenters. The van der Waals surface area contributed by atoms with Crippen LogP contribution in [0.4, 0.5) is 0 Å². The molecule has 1 aliphatic carbocycles. The van der Waals surface area contributed by atoms with Crippen molar-refractivity contribution in [3.63, 3.8) is 0 Å². The average molecular weight is 424 g/mol. The van der Waals surface area contributed by atoms with E-state index in [-0.39, 0.29) is 24.6 Å². The first-order valence-corrected chi connectivity index (χ1v) is 9.07. The van der Waals surface area contributed by atoms with Gasteiger partial charge >= 0.3 is 5.97 Å². The van der Waals surface area contributed by atoms with Crippen molar-refractivity contribution >= 4 is 39.3 Å². The molecule has 26 heavy (non-hydrogen) atoms. The zero-order valence-corrected chi connectivity index (χ0v) is 16.8. The summed E-state index contributed by atoms with van der Waals surface area (Å²) in [5.74, 6) is -2.11. The van der Waals surface area contributed by atoms with E-state index in [1.807, 2.05) is 13.8 Å². The Hall–Kier alpha value is -2.15. The second kappa shape index (κ2) is 7.61. The Balaban J connectivity index is 2.27. The fraction of sp³-hybridized carbons (Fsp3) is 0.421. The number of hydrogen-bond acceptors (Lipinski definition) is 5. The van der Waals surface area contributed by atoms with Crippen molar-refractivity contribution in [3.8, 4) is 0 Å². The first-order chi connectivity index (χ1) is 12.1. The van der Waals surface area contributed by atoms with Crippen molar-refractivity contribution in [3.05, 3.63) is 39.4 Å². The molecule has 0 aliphatic heterocycles. The summed E-state index contributed by atoms with van der Waals surface area (Å²) in [4.78, 5) is 36.9. The van der Waals surface area contributed by atoms with Gasteiger partial charge < -0.3 is 15.2 Å². The van der Waals surface area contributed by atoms with E-state index < -0.39 is 28.8 Å². The van der Waals surface area contributed by atoms with Crippen LogP contribution < -0.4 is 5.32 Å². The molecule has 0 bridgehead atoms. The number of benzene rings is 1. The van der Waals surface area contributed by atoms with Gasteiger partial charge in [-0.25, -0.2) is 0 Å². The monoisotopic (exact) mass is 423 g/mol. The van der Waals surface area contributed by atoms with Crippen LogP contribution in [0.3, 0.4) is 0 Å². The lowest BCUT2D eigenvalue weighted by Crippen LogP contribution is -2.42. The third kappa shape index (κ3) is 3.98. The number of ketones is 1. The fourth-order valence-corrected chi connectivity index (χ4v) is 3.06. The van der Waals surface area contributed by atoms with Gasteiger partial charge in [0, 0.05) is 10.0 Å². The van der Waals surface area contributed by atoms with Gasteiger partial charge in [-0.05, 0) is 37.5 Å². The zero-order chi connectivity index (χ0) is 19.6. The van der Waals surface area contributed by atoms with E-state index in [9.17, 15) is 19.5 Å². The molecular weight excluding hydrogens is 402 g/mol. The molecule has 1 amide bonds. The molecule has 0 spiro atoms. The van der Waals surface area contributed by atoms with Crippen molar-refractivity contribution in [1.82, 2.24) is 5.32 Å². The molecule has 2 N–H and O–H groups in total. The Bertz CT molecular complexity index is 795. The van der Waals surface area contributed by atoms with Crippen molar-refractivity contribution < 1.29 is 24.2 Å². The van der Waals surface area contributed by atoms with Crippen molar-refractivity contribution in [1.29, 1.82) is 0 Å². The minimum absolute atomic E-state index is 0.178. The minimum atomic E-state index is -0.979. The first-order valence-electron chi connectivity index (χ1n) is 8.28. The lowest BCUT2D eigenvalue weighted by molar-refractivity contribution is -0.144. The van der Waals surface area contributed by atoms with E-state index in [2.05, 4.69) is 21.2 Å². The molecule has 7 heteroatoms. The van der Waals surface area contributed by atoms with E-state index in [4.69, 9.17) is 4.74 Å². The standard InChI is InChI=1S/C19H22BrNO5/c1-10(2)9-26-14(22)8-21-18(25)15-16(23)12-7-11(20)5-6-13(12)19(3,4)17(15)24/h5-7,10,23H,8-9H2,1-4H3,(H,21,25). The summed E-state index contributed by atoms with van der Waals surface area (Å²) in [5.41, 5.74) is -0.280. The number of aliphatic hydroxyl groups is 1. The maximum absolute atomic E-state index is 12.8. The molecule has 1 aliphatic rings. The SMILES string of the molecule is CC(C)COC(=O)CNC(=O)C1=C(O)c2cc(Br)ccc2C(C)(C)C1=O. The van der Waals surface area contributed by atoms with Crippen LogP contribution in [0, 0.1) is 5.92 Å². The van der Waals surface area contributed by atoms with Crippen LogP contribution in [-0.2, 0) is 24.5 Å². The smallest absolute Gasteiger partial charge is 0.325 e. The Labute approximate surface area is 160 Å². The van der Waals surface area contributed by atoms with Gasteiger partial charge in [-0.2, -0.15) is 0 Å². The number of halogens is 1. The van der Waals surface area contributed by atoms with Gasteiger partial charge in [0.15, 0.2) is 5.78 Å². The van der Waals surface area contributed by atoms with Gasteiger partial charge in [0.2, 0.25) is 0 Å². The highest BCUT2D eigenvalue weighted by molar-refractivity contribution is 9.10. The molecule has 0 heterocycles. The summed E-state index contributed by atoms with van der Waals surface area (Å²) in [5, 5.41) is 12.9. The van der Waals surface area contributed by atoms with Gasteiger partial charge in [-0.3, -0.25) is 14.4 Å². The number of fused-ring (bicyclic) bond motifs is 1. The zero-order valence-electron chi connectivity index (χ0n) is 15.2. The molecule has 0 fully saturated rings. The number of rotatable bonds is 5. The lowest BCUT2D eigenvalue weighted by atomic mass is 9.71. The summed E-state index contributed by atoms with van der Waals surface area (Å²) < 4.78 is 5.70. The largest absolute Gasteiger partial charge is 0.506 e. The summed E-state index contributed by atoms with van der Waals surface area (Å²) in [6, 6.07) is 5.17. The summed E-state index contributed by atoms with van der Waals surface area (Å²) in [7, 11) is 0. The number of nitrogens with one attached hydrogen (secondary N) is 1. The fourth-order valence-electron chi connectivity index (χ4n) is 2.70. The molecule has 1 aromatic carbocycles. The molecule has 0 radical (unpaired) electrons. The van der Waals surface area contributed by atoms with Gasteiger partial charge in [0.05, 0.1) is 12.0 Å². The molecule has 2 rings (SSSR count). The Morgan fingerprint density at radius 2 is 1.96 bits per heavy atom. The molecule has 0 unspecified atom stereocenters. The number of carbonyl (C=O) groups is 3. The number of hydrogen-bond donors (Lipinski definition) is 2. The predicted molar refractivity (Wildman–Crippen MR) is 101 cm³/mol. The van der Waals surface area contributed by atoms with Crippen molar-refractivity contribution in [2.45, 2.75) is 33.1 Å². The maximum Gasteiger partial charge on any atom is 0.325 e. The predicted octanol–water partition coefficient (Wildman–Crippen LogP) is 2.89. The highest BCUT2D eigenvalue weighted by Crippen LogP contribution is 2.40. The minimum Gasteiger partial charge on any atom is -0.506 e. The molecule has 6 nitrogen and oxygen atoms in total. The van der Waals surface area contributed by atoms with Crippen LogP contribution in [0.25, 0.3) is 5.76 Å². The average Bonchev–Trinajstić information content (AvgIpc) is 2.56. The van der Waals surface area contributed by atoms with Crippen LogP contribution >= 0.6 is 15.9 Å². The molecular formula is C19H22BrNO5. The summed E-state index contributed by atoms with van der Waals surface area (Å²) in [6.07, 6.45) is 0. The maximum atomic E-state index is 12.8. The van der Waals surface area contributed by atoms with E-state index in [0.717, 1.165) is 0 Å². The second-order valence-electron chi connectivity index (χ2n) is 7.13. The normalized spacial score (nSPS) is 15.7. The quantitative estimate of drug-likeness (QED) is 0.560. The van der Waals surface area contributed by atoms with Crippen LogP contribution in [0.1, 0.15) is 38.8 Å². The Kier molecular flexibility index (Phi) is 5.91. The highest BCUT2D eigenvalue weighted by Gasteiger charge is 2.43. The van der Waals surface area contributed by atoms with Gasteiger partial charge in [0.25, 0.3) is 5.91 Å². The molecule has 1 aromatic rings. The first kappa shape index (κ1) is 20.2. The Morgan fingerprint density at radius 1 is 1.31 bits per heavy atom. The van der Waals surface area contributed by atoms with E-state index in [0.29, 0.717) is 15.6 Å². The lowest BCUT2D eigenvalue weighted by Gasteiger charge is -2.31. The molecule has 140 valence electrons. The third-order valence-electron chi connectivity index (χ3n) is 4.14. The highest BCUT2D eigenvalue weighted by atomic mass is 79.9. The molecule has 0 saturated heterocycles. The number of Topliss-reactive ketones (excluding diaryl/α,β-unsaturated/α-hetero) is 1. The van der Waals surface area contributed by atoms with Crippen LogP contribution in [-0.4, -0.2) is 35.9 Å². The van der Waals surface area contributed by atoms with E-state index >= 15 is 0 Å². The van der Waals surface area contributed by atoms with E-state index in [1.54, 1.807) is 32.0 Å². The van der Waals surface area contributed by atoms with E-state index in [1.165, 1.54) is 0 Å².